The van der Waals surface area contributed by atoms with Crippen LogP contribution in [-0.4, -0.2) is 25.7 Å². The number of hydrogen-bond acceptors (Lipinski definition) is 2. The van der Waals surface area contributed by atoms with Crippen LogP contribution in [0.1, 0.15) is 18.9 Å². The molecule has 3 nitrogen and oxygen atoms in total. The van der Waals surface area contributed by atoms with E-state index in [1.807, 2.05) is 37.3 Å². The van der Waals surface area contributed by atoms with Gasteiger partial charge >= 0.3 is 0 Å². The van der Waals surface area contributed by atoms with Crippen molar-refractivity contribution in [2.45, 2.75) is 19.8 Å². The number of rotatable bonds is 8. The molecule has 2 aromatic carbocycles. The third-order valence-electron chi connectivity index (χ3n) is 3.42. The van der Waals surface area contributed by atoms with Gasteiger partial charge < -0.3 is 10.1 Å². The Morgan fingerprint density at radius 1 is 1.00 bits per heavy atom. The second kappa shape index (κ2) is 9.00. The standard InChI is InChI=1S/C19H23NO2/c1-2-22-14-6-13-20-19(21)15-16-9-11-18(12-10-16)17-7-4-3-5-8-17/h3-5,7-12H,2,6,13-15H2,1H3,(H,20,21). The highest BCUT2D eigenvalue weighted by molar-refractivity contribution is 5.78. The fourth-order valence-corrected chi connectivity index (χ4v) is 2.24. The molecule has 0 bridgehead atoms. The van der Waals surface area contributed by atoms with Gasteiger partial charge in [-0.2, -0.15) is 0 Å². The summed E-state index contributed by atoms with van der Waals surface area (Å²) in [6, 6.07) is 18.4. The van der Waals surface area contributed by atoms with Crippen LogP contribution in [0, 0.1) is 0 Å². The van der Waals surface area contributed by atoms with Gasteiger partial charge in [0, 0.05) is 19.8 Å². The van der Waals surface area contributed by atoms with E-state index in [0.29, 0.717) is 19.6 Å². The summed E-state index contributed by atoms with van der Waals surface area (Å²) in [6.45, 7) is 4.06. The van der Waals surface area contributed by atoms with Crippen molar-refractivity contribution in [3.8, 4) is 11.1 Å². The Kier molecular flexibility index (Phi) is 6.65. The van der Waals surface area contributed by atoms with Crippen molar-refractivity contribution >= 4 is 5.91 Å². The Bertz CT molecular complexity index is 564. The minimum Gasteiger partial charge on any atom is -0.382 e. The first kappa shape index (κ1) is 16.2. The molecule has 0 radical (unpaired) electrons. The van der Waals surface area contributed by atoms with Crippen LogP contribution in [-0.2, 0) is 16.0 Å². The van der Waals surface area contributed by atoms with Crippen LogP contribution in [0.15, 0.2) is 54.6 Å². The van der Waals surface area contributed by atoms with Crippen molar-refractivity contribution in [1.29, 1.82) is 0 Å². The van der Waals surface area contributed by atoms with Gasteiger partial charge in [-0.1, -0.05) is 54.6 Å². The number of nitrogens with one attached hydrogen (secondary N) is 1. The second-order valence-electron chi connectivity index (χ2n) is 5.14. The lowest BCUT2D eigenvalue weighted by Gasteiger charge is -2.07. The van der Waals surface area contributed by atoms with Gasteiger partial charge in [-0.05, 0) is 30.0 Å². The van der Waals surface area contributed by atoms with Gasteiger partial charge in [0.25, 0.3) is 0 Å². The summed E-state index contributed by atoms with van der Waals surface area (Å²) in [5.41, 5.74) is 3.39. The van der Waals surface area contributed by atoms with Crippen molar-refractivity contribution in [3.63, 3.8) is 0 Å². The van der Waals surface area contributed by atoms with Crippen LogP contribution >= 0.6 is 0 Å². The lowest BCUT2D eigenvalue weighted by atomic mass is 10.0. The van der Waals surface area contributed by atoms with Gasteiger partial charge in [0.15, 0.2) is 0 Å². The number of amides is 1. The van der Waals surface area contributed by atoms with Crippen LogP contribution < -0.4 is 5.32 Å². The number of benzene rings is 2. The summed E-state index contributed by atoms with van der Waals surface area (Å²) >= 11 is 0. The lowest BCUT2D eigenvalue weighted by Crippen LogP contribution is -2.26. The smallest absolute Gasteiger partial charge is 0.224 e. The molecule has 0 aliphatic carbocycles. The van der Waals surface area contributed by atoms with E-state index >= 15 is 0 Å². The van der Waals surface area contributed by atoms with E-state index in [9.17, 15) is 4.79 Å². The summed E-state index contributed by atoms with van der Waals surface area (Å²) in [5.74, 6) is 0.0592. The zero-order valence-electron chi connectivity index (χ0n) is 13.0. The van der Waals surface area contributed by atoms with Gasteiger partial charge in [0.05, 0.1) is 6.42 Å². The van der Waals surface area contributed by atoms with Crippen LogP contribution in [0.4, 0.5) is 0 Å². The average Bonchev–Trinajstić information content (AvgIpc) is 2.56. The molecule has 0 saturated heterocycles. The summed E-state index contributed by atoms with van der Waals surface area (Å²) in [5, 5.41) is 2.92. The molecule has 22 heavy (non-hydrogen) atoms. The van der Waals surface area contributed by atoms with Crippen LogP contribution in [0.2, 0.25) is 0 Å². The highest BCUT2D eigenvalue weighted by atomic mass is 16.5. The number of hydrogen-bond donors (Lipinski definition) is 1. The molecular formula is C19H23NO2. The second-order valence-corrected chi connectivity index (χ2v) is 5.14. The highest BCUT2D eigenvalue weighted by Gasteiger charge is 2.03. The first-order valence-electron chi connectivity index (χ1n) is 7.78. The molecule has 2 rings (SSSR count). The largest absolute Gasteiger partial charge is 0.382 e. The first-order valence-corrected chi connectivity index (χ1v) is 7.78. The van der Waals surface area contributed by atoms with Crippen LogP contribution in [0.3, 0.4) is 0 Å². The van der Waals surface area contributed by atoms with E-state index in [1.54, 1.807) is 0 Å². The van der Waals surface area contributed by atoms with Gasteiger partial charge in [-0.25, -0.2) is 0 Å². The third-order valence-corrected chi connectivity index (χ3v) is 3.42. The Balaban J connectivity index is 1.80. The van der Waals surface area contributed by atoms with Crippen molar-refractivity contribution in [2.24, 2.45) is 0 Å². The molecule has 0 aliphatic rings. The quantitative estimate of drug-likeness (QED) is 0.758. The summed E-state index contributed by atoms with van der Waals surface area (Å²) < 4.78 is 5.24. The molecule has 0 aromatic heterocycles. The molecule has 1 N–H and O–H groups in total. The van der Waals surface area contributed by atoms with Crippen molar-refractivity contribution in [3.05, 3.63) is 60.2 Å². The van der Waals surface area contributed by atoms with E-state index in [-0.39, 0.29) is 5.91 Å². The molecule has 0 unspecified atom stereocenters. The Hall–Kier alpha value is -2.13. The van der Waals surface area contributed by atoms with Crippen molar-refractivity contribution in [1.82, 2.24) is 5.32 Å². The maximum Gasteiger partial charge on any atom is 0.224 e. The maximum atomic E-state index is 11.8. The molecule has 0 aliphatic heterocycles. The average molecular weight is 297 g/mol. The summed E-state index contributed by atoms with van der Waals surface area (Å²) in [6.07, 6.45) is 1.27. The van der Waals surface area contributed by atoms with Gasteiger partial charge in [0.1, 0.15) is 0 Å². The van der Waals surface area contributed by atoms with Crippen molar-refractivity contribution < 1.29 is 9.53 Å². The van der Waals surface area contributed by atoms with E-state index in [2.05, 4.69) is 29.6 Å². The molecular weight excluding hydrogens is 274 g/mol. The fraction of sp³-hybridized carbons (Fsp3) is 0.316. The van der Waals surface area contributed by atoms with Gasteiger partial charge in [-0.3, -0.25) is 4.79 Å². The Morgan fingerprint density at radius 2 is 1.68 bits per heavy atom. The minimum atomic E-state index is 0.0592. The zero-order valence-corrected chi connectivity index (χ0v) is 13.0. The Morgan fingerprint density at radius 3 is 2.36 bits per heavy atom. The van der Waals surface area contributed by atoms with Crippen molar-refractivity contribution in [2.75, 3.05) is 19.8 Å². The molecule has 0 atom stereocenters. The SMILES string of the molecule is CCOCCCNC(=O)Cc1ccc(-c2ccccc2)cc1. The molecule has 1 amide bonds. The molecule has 0 heterocycles. The van der Waals surface area contributed by atoms with Gasteiger partial charge in [0.2, 0.25) is 5.91 Å². The first-order chi connectivity index (χ1) is 10.8. The number of carbonyl (C=O) groups is 1. The van der Waals surface area contributed by atoms with E-state index < -0.39 is 0 Å². The molecule has 0 spiro atoms. The van der Waals surface area contributed by atoms with Crippen LogP contribution in [0.25, 0.3) is 11.1 Å². The number of carbonyl (C=O) groups excluding carboxylic acids is 1. The highest BCUT2D eigenvalue weighted by Crippen LogP contribution is 2.19. The predicted octanol–water partition coefficient (Wildman–Crippen LogP) is 3.44. The van der Waals surface area contributed by atoms with Crippen LogP contribution in [0.5, 0.6) is 0 Å². The van der Waals surface area contributed by atoms with E-state index in [4.69, 9.17) is 4.74 Å². The topological polar surface area (TPSA) is 38.3 Å². The molecule has 3 heteroatoms. The summed E-state index contributed by atoms with van der Waals surface area (Å²) in [7, 11) is 0. The molecule has 2 aromatic rings. The lowest BCUT2D eigenvalue weighted by molar-refractivity contribution is -0.120. The molecule has 0 fully saturated rings. The fourth-order valence-electron chi connectivity index (χ4n) is 2.24. The minimum absolute atomic E-state index is 0.0592. The predicted molar refractivity (Wildman–Crippen MR) is 89.7 cm³/mol. The molecule has 116 valence electrons. The Labute approximate surface area is 132 Å². The molecule has 0 saturated carbocycles. The monoisotopic (exact) mass is 297 g/mol. The summed E-state index contributed by atoms with van der Waals surface area (Å²) in [4.78, 5) is 11.8. The van der Waals surface area contributed by atoms with E-state index in [0.717, 1.165) is 18.6 Å². The third kappa shape index (κ3) is 5.34. The number of ether oxygens (including phenoxy) is 1. The maximum absolute atomic E-state index is 11.8. The van der Waals surface area contributed by atoms with E-state index in [1.165, 1.54) is 11.1 Å². The zero-order chi connectivity index (χ0) is 15.6. The van der Waals surface area contributed by atoms with Gasteiger partial charge in [-0.15, -0.1) is 0 Å². The normalized spacial score (nSPS) is 10.4.